The molecule has 22 heavy (non-hydrogen) atoms. The number of rotatable bonds is 4. The summed E-state index contributed by atoms with van der Waals surface area (Å²) in [5.41, 5.74) is 4.77. The van der Waals surface area contributed by atoms with Crippen LogP contribution in [0.5, 0.6) is 0 Å². The molecule has 1 aliphatic rings. The molecule has 0 aliphatic carbocycles. The quantitative estimate of drug-likeness (QED) is 0.911. The lowest BCUT2D eigenvalue weighted by Crippen LogP contribution is -2.37. The zero-order valence-electron chi connectivity index (χ0n) is 13.5. The van der Waals surface area contributed by atoms with Gasteiger partial charge < -0.3 is 10.4 Å². The van der Waals surface area contributed by atoms with Crippen molar-refractivity contribution in [1.29, 1.82) is 0 Å². The fraction of sp³-hybridized carbons (Fsp3) is 0.471. The number of anilines is 2. The number of hydrogen-bond acceptors (Lipinski definition) is 4. The average molecular weight is 300 g/mol. The third-order valence-corrected chi connectivity index (χ3v) is 4.27. The Hall–Kier alpha value is -1.85. The molecule has 1 aromatic carbocycles. The monoisotopic (exact) mass is 300 g/mol. The van der Waals surface area contributed by atoms with Crippen molar-refractivity contribution in [2.24, 2.45) is 0 Å². The fourth-order valence-corrected chi connectivity index (χ4v) is 3.05. The van der Waals surface area contributed by atoms with Gasteiger partial charge in [-0.05, 0) is 38.5 Å². The predicted octanol–water partition coefficient (Wildman–Crippen LogP) is 2.65. The molecule has 1 aromatic heterocycles. The summed E-state index contributed by atoms with van der Waals surface area (Å²) in [6.45, 7) is 8.50. The maximum atomic E-state index is 9.86. The highest BCUT2D eigenvalue weighted by Crippen LogP contribution is 2.29. The van der Waals surface area contributed by atoms with E-state index in [1.165, 1.54) is 16.8 Å². The summed E-state index contributed by atoms with van der Waals surface area (Å²) in [4.78, 5) is 2.07. The molecule has 0 fully saturated rings. The molecule has 1 unspecified atom stereocenters. The molecule has 0 amide bonds. The van der Waals surface area contributed by atoms with Crippen LogP contribution >= 0.6 is 0 Å². The Balaban J connectivity index is 1.93. The largest absolute Gasteiger partial charge is 0.379 e. The molecule has 0 saturated heterocycles. The Kier molecular flexibility index (Phi) is 4.18. The Bertz CT molecular complexity index is 663. The van der Waals surface area contributed by atoms with E-state index in [1.807, 2.05) is 13.0 Å². The van der Waals surface area contributed by atoms with E-state index in [1.54, 1.807) is 0 Å². The van der Waals surface area contributed by atoms with Crippen LogP contribution in [0.25, 0.3) is 0 Å². The lowest BCUT2D eigenvalue weighted by molar-refractivity contribution is 0.00883. The van der Waals surface area contributed by atoms with Crippen LogP contribution in [0.1, 0.15) is 30.7 Å². The Morgan fingerprint density at radius 3 is 2.91 bits per heavy atom. The number of hydrogen-bond donors (Lipinski definition) is 2. The van der Waals surface area contributed by atoms with Gasteiger partial charge in [-0.25, -0.2) is 0 Å². The predicted molar refractivity (Wildman–Crippen MR) is 88.2 cm³/mol. The van der Waals surface area contributed by atoms with E-state index < -0.39 is 6.23 Å². The van der Waals surface area contributed by atoms with Crippen molar-refractivity contribution in [2.75, 3.05) is 11.9 Å². The van der Waals surface area contributed by atoms with E-state index in [0.29, 0.717) is 0 Å². The van der Waals surface area contributed by atoms with Crippen molar-refractivity contribution in [3.05, 3.63) is 41.1 Å². The topological polar surface area (TPSA) is 53.3 Å². The highest BCUT2D eigenvalue weighted by atomic mass is 16.3. The second-order valence-electron chi connectivity index (χ2n) is 5.94. The van der Waals surface area contributed by atoms with Gasteiger partial charge in [0, 0.05) is 43.0 Å². The first-order chi connectivity index (χ1) is 10.6. The van der Waals surface area contributed by atoms with Gasteiger partial charge in [-0.2, -0.15) is 5.10 Å². The van der Waals surface area contributed by atoms with Crippen LogP contribution in [-0.4, -0.2) is 32.6 Å². The van der Waals surface area contributed by atoms with Gasteiger partial charge >= 0.3 is 0 Å². The van der Waals surface area contributed by atoms with Crippen LogP contribution in [-0.2, 0) is 19.5 Å². The standard InChI is InChI=1S/C17H24N4O/c1-4-21-16-8-9-20(13(3)22)11-15(16)17(19-21)18-14-7-5-6-12(2)10-14/h5-7,10,13,22H,4,8-9,11H2,1-3H3,(H,18,19). The molecule has 1 aliphatic heterocycles. The van der Waals surface area contributed by atoms with Crippen molar-refractivity contribution < 1.29 is 5.11 Å². The summed E-state index contributed by atoms with van der Waals surface area (Å²) >= 11 is 0. The Labute approximate surface area is 131 Å². The summed E-state index contributed by atoms with van der Waals surface area (Å²) in [6, 6.07) is 8.30. The molecule has 2 aromatic rings. The highest BCUT2D eigenvalue weighted by Gasteiger charge is 2.26. The maximum Gasteiger partial charge on any atom is 0.157 e. The molecule has 0 saturated carbocycles. The zero-order chi connectivity index (χ0) is 15.7. The number of fused-ring (bicyclic) bond motifs is 1. The van der Waals surface area contributed by atoms with E-state index in [4.69, 9.17) is 5.10 Å². The molecule has 118 valence electrons. The lowest BCUT2D eigenvalue weighted by atomic mass is 10.1. The summed E-state index contributed by atoms with van der Waals surface area (Å²) in [6.07, 6.45) is 0.501. The molecular weight excluding hydrogens is 276 g/mol. The van der Waals surface area contributed by atoms with E-state index in [-0.39, 0.29) is 0 Å². The molecule has 2 N–H and O–H groups in total. The molecule has 0 bridgehead atoms. The van der Waals surface area contributed by atoms with E-state index >= 15 is 0 Å². The van der Waals surface area contributed by atoms with Crippen LogP contribution in [0.2, 0.25) is 0 Å². The first-order valence-corrected chi connectivity index (χ1v) is 7.93. The second-order valence-corrected chi connectivity index (χ2v) is 5.94. The fourth-order valence-electron chi connectivity index (χ4n) is 3.05. The van der Waals surface area contributed by atoms with Gasteiger partial charge in [0.15, 0.2) is 5.82 Å². The maximum absolute atomic E-state index is 9.86. The summed E-state index contributed by atoms with van der Waals surface area (Å²) in [5.74, 6) is 0.910. The number of nitrogens with one attached hydrogen (secondary N) is 1. The number of aliphatic hydroxyl groups is 1. The SMILES string of the molecule is CCn1nc(Nc2cccc(C)c2)c2c1CCN(C(C)O)C2. The van der Waals surface area contributed by atoms with Crippen molar-refractivity contribution >= 4 is 11.5 Å². The number of nitrogens with zero attached hydrogens (tertiary/aromatic N) is 3. The first kappa shape index (κ1) is 15.1. The number of aryl methyl sites for hydroxylation is 2. The van der Waals surface area contributed by atoms with Gasteiger partial charge in [-0.15, -0.1) is 0 Å². The summed E-state index contributed by atoms with van der Waals surface area (Å²) < 4.78 is 2.08. The average Bonchev–Trinajstić information content (AvgIpc) is 2.84. The molecule has 0 spiro atoms. The minimum Gasteiger partial charge on any atom is -0.379 e. The second kappa shape index (κ2) is 6.10. The Morgan fingerprint density at radius 1 is 1.41 bits per heavy atom. The summed E-state index contributed by atoms with van der Waals surface area (Å²) in [5, 5.41) is 18.0. The molecule has 0 radical (unpaired) electrons. The van der Waals surface area contributed by atoms with Crippen LogP contribution in [0.3, 0.4) is 0 Å². The van der Waals surface area contributed by atoms with E-state index in [0.717, 1.165) is 37.6 Å². The summed E-state index contributed by atoms with van der Waals surface area (Å²) in [7, 11) is 0. The van der Waals surface area contributed by atoms with Gasteiger partial charge in [0.25, 0.3) is 0 Å². The van der Waals surface area contributed by atoms with Crippen LogP contribution < -0.4 is 5.32 Å². The highest BCUT2D eigenvalue weighted by molar-refractivity contribution is 5.61. The van der Waals surface area contributed by atoms with E-state index in [9.17, 15) is 5.11 Å². The molecular formula is C17H24N4O. The van der Waals surface area contributed by atoms with Gasteiger partial charge in [-0.3, -0.25) is 9.58 Å². The molecule has 3 rings (SSSR count). The number of aliphatic hydroxyl groups excluding tert-OH is 1. The number of benzene rings is 1. The number of aromatic nitrogens is 2. The minimum absolute atomic E-state index is 0.426. The van der Waals surface area contributed by atoms with Crippen molar-refractivity contribution in [1.82, 2.24) is 14.7 Å². The Morgan fingerprint density at radius 2 is 2.23 bits per heavy atom. The van der Waals surface area contributed by atoms with Crippen LogP contribution in [0.4, 0.5) is 11.5 Å². The minimum atomic E-state index is -0.426. The molecule has 5 heteroatoms. The van der Waals surface area contributed by atoms with Crippen LogP contribution in [0, 0.1) is 6.92 Å². The lowest BCUT2D eigenvalue weighted by Gasteiger charge is -2.29. The smallest absolute Gasteiger partial charge is 0.157 e. The van der Waals surface area contributed by atoms with Gasteiger partial charge in [-0.1, -0.05) is 12.1 Å². The van der Waals surface area contributed by atoms with Crippen molar-refractivity contribution in [3.8, 4) is 0 Å². The normalized spacial score (nSPS) is 16.4. The van der Waals surface area contributed by atoms with Gasteiger partial charge in [0.2, 0.25) is 0 Å². The zero-order valence-corrected chi connectivity index (χ0v) is 13.5. The third-order valence-electron chi connectivity index (χ3n) is 4.27. The van der Waals surface area contributed by atoms with Crippen LogP contribution in [0.15, 0.2) is 24.3 Å². The first-order valence-electron chi connectivity index (χ1n) is 7.93. The van der Waals surface area contributed by atoms with Gasteiger partial charge in [0.1, 0.15) is 6.23 Å². The van der Waals surface area contributed by atoms with Crippen molar-refractivity contribution in [2.45, 2.75) is 46.5 Å². The van der Waals surface area contributed by atoms with E-state index in [2.05, 4.69) is 46.9 Å². The third kappa shape index (κ3) is 2.87. The van der Waals surface area contributed by atoms with Crippen molar-refractivity contribution in [3.63, 3.8) is 0 Å². The molecule has 1 atom stereocenters. The molecule has 2 heterocycles. The van der Waals surface area contributed by atoms with Gasteiger partial charge in [0.05, 0.1) is 0 Å². The molecule has 5 nitrogen and oxygen atoms in total.